The Labute approximate surface area is 182 Å². The van der Waals surface area contributed by atoms with Gasteiger partial charge in [0.2, 0.25) is 0 Å². The highest BCUT2D eigenvalue weighted by molar-refractivity contribution is 9.10. The summed E-state index contributed by atoms with van der Waals surface area (Å²) in [5.74, 6) is -0.964. The molecule has 1 N–H and O–H groups in total. The normalized spacial score (nSPS) is 18.2. The molecule has 1 saturated heterocycles. The highest BCUT2D eigenvalue weighted by atomic mass is 79.9. The minimum absolute atomic E-state index is 0.0857. The number of furan rings is 1. The van der Waals surface area contributed by atoms with Gasteiger partial charge in [0.1, 0.15) is 11.5 Å². The summed E-state index contributed by atoms with van der Waals surface area (Å²) >= 11 is 3.42. The molecule has 1 amide bonds. The first-order valence-corrected chi connectivity index (χ1v) is 10.3. The summed E-state index contributed by atoms with van der Waals surface area (Å²) in [5.41, 5.74) is 3.14. The second-order valence-corrected chi connectivity index (χ2v) is 8.29. The first-order chi connectivity index (χ1) is 14.4. The van der Waals surface area contributed by atoms with Crippen LogP contribution in [0.15, 0.2) is 75.3 Å². The molecule has 1 unspecified atom stereocenters. The number of carbonyl (C=O) groups is 2. The zero-order valence-electron chi connectivity index (χ0n) is 16.6. The Morgan fingerprint density at radius 1 is 1.10 bits per heavy atom. The number of carbonyl (C=O) groups excluding carboxylic acids is 2. The molecule has 5 nitrogen and oxygen atoms in total. The molecule has 1 fully saturated rings. The number of benzene rings is 2. The van der Waals surface area contributed by atoms with E-state index in [0.717, 1.165) is 21.2 Å². The van der Waals surface area contributed by atoms with Crippen molar-refractivity contribution in [3.8, 4) is 0 Å². The number of hydrogen-bond donors (Lipinski definition) is 1. The van der Waals surface area contributed by atoms with E-state index in [4.69, 9.17) is 4.42 Å². The number of nitrogens with zero attached hydrogens (tertiary/aromatic N) is 1. The van der Waals surface area contributed by atoms with Gasteiger partial charge >= 0.3 is 0 Å². The molecule has 1 aromatic heterocycles. The Balaban J connectivity index is 1.90. The zero-order valence-corrected chi connectivity index (χ0v) is 18.1. The molecule has 6 heteroatoms. The van der Waals surface area contributed by atoms with Crippen LogP contribution in [0.1, 0.15) is 34.1 Å². The highest BCUT2D eigenvalue weighted by Gasteiger charge is 2.46. The van der Waals surface area contributed by atoms with Crippen molar-refractivity contribution in [2.24, 2.45) is 0 Å². The van der Waals surface area contributed by atoms with Crippen LogP contribution in [0.4, 0.5) is 0 Å². The van der Waals surface area contributed by atoms with Crippen molar-refractivity contribution in [1.82, 2.24) is 4.90 Å². The molecule has 0 aliphatic carbocycles. The average molecular weight is 466 g/mol. The second kappa shape index (κ2) is 7.95. The van der Waals surface area contributed by atoms with Gasteiger partial charge < -0.3 is 14.4 Å². The van der Waals surface area contributed by atoms with Crippen LogP contribution in [0.25, 0.3) is 5.76 Å². The number of hydrogen-bond acceptors (Lipinski definition) is 4. The van der Waals surface area contributed by atoms with Gasteiger partial charge in [0, 0.05) is 10.0 Å². The van der Waals surface area contributed by atoms with Crippen LogP contribution in [-0.4, -0.2) is 21.7 Å². The van der Waals surface area contributed by atoms with Gasteiger partial charge in [0.05, 0.1) is 24.4 Å². The van der Waals surface area contributed by atoms with E-state index in [9.17, 15) is 14.7 Å². The summed E-state index contributed by atoms with van der Waals surface area (Å²) in [7, 11) is 0. The molecule has 30 heavy (non-hydrogen) atoms. The van der Waals surface area contributed by atoms with Crippen molar-refractivity contribution in [1.29, 1.82) is 0 Å². The molecule has 4 rings (SSSR count). The van der Waals surface area contributed by atoms with E-state index in [-0.39, 0.29) is 17.9 Å². The molecular weight excluding hydrogens is 446 g/mol. The maximum absolute atomic E-state index is 13.1. The van der Waals surface area contributed by atoms with E-state index in [2.05, 4.69) is 15.9 Å². The molecule has 0 saturated carbocycles. The second-order valence-electron chi connectivity index (χ2n) is 7.38. The largest absolute Gasteiger partial charge is 0.507 e. The third kappa shape index (κ3) is 3.59. The number of aliphatic hydroxyl groups excluding tert-OH is 1. The lowest BCUT2D eigenvalue weighted by molar-refractivity contribution is -0.140. The van der Waals surface area contributed by atoms with E-state index >= 15 is 0 Å². The van der Waals surface area contributed by atoms with Crippen molar-refractivity contribution in [2.45, 2.75) is 26.4 Å². The van der Waals surface area contributed by atoms with Gasteiger partial charge in [0.25, 0.3) is 11.7 Å². The lowest BCUT2D eigenvalue weighted by atomic mass is 9.93. The zero-order chi connectivity index (χ0) is 21.4. The molecule has 0 radical (unpaired) electrons. The fraction of sp³-hybridized carbons (Fsp3) is 0.167. The van der Waals surface area contributed by atoms with Crippen LogP contribution in [-0.2, 0) is 16.1 Å². The third-order valence-corrected chi connectivity index (χ3v) is 5.81. The van der Waals surface area contributed by atoms with E-state index < -0.39 is 17.7 Å². The van der Waals surface area contributed by atoms with Gasteiger partial charge in [-0.25, -0.2) is 0 Å². The molecule has 0 spiro atoms. The standard InChI is InChI=1S/C24H20BrNO4/c1-14-5-6-15(2)19(12-14)22(27)20-21(16-7-9-17(25)10-8-16)26(24(29)23(20)28)13-18-4-3-11-30-18/h3-12,21,27H,13H2,1-2H3. The van der Waals surface area contributed by atoms with Gasteiger partial charge in [-0.1, -0.05) is 45.8 Å². The summed E-state index contributed by atoms with van der Waals surface area (Å²) in [5, 5.41) is 11.2. The maximum Gasteiger partial charge on any atom is 0.296 e. The molecule has 2 heterocycles. The molecule has 152 valence electrons. The fourth-order valence-electron chi connectivity index (χ4n) is 3.74. The van der Waals surface area contributed by atoms with E-state index in [1.165, 1.54) is 11.2 Å². The number of Topliss-reactive ketones (excluding diaryl/α,β-unsaturated/α-hetero) is 1. The van der Waals surface area contributed by atoms with Crippen molar-refractivity contribution >= 4 is 33.4 Å². The molecule has 3 aromatic rings. The number of rotatable bonds is 4. The van der Waals surface area contributed by atoms with Crippen molar-refractivity contribution in [3.63, 3.8) is 0 Å². The Kier molecular flexibility index (Phi) is 5.35. The number of aliphatic hydroxyl groups is 1. The minimum atomic E-state index is -0.719. The summed E-state index contributed by atoms with van der Waals surface area (Å²) in [4.78, 5) is 27.5. The van der Waals surface area contributed by atoms with E-state index in [1.807, 2.05) is 56.3 Å². The van der Waals surface area contributed by atoms with Crippen LogP contribution in [0, 0.1) is 13.8 Å². The highest BCUT2D eigenvalue weighted by Crippen LogP contribution is 2.41. The van der Waals surface area contributed by atoms with Crippen LogP contribution in [0.2, 0.25) is 0 Å². The van der Waals surface area contributed by atoms with Crippen molar-refractivity contribution < 1.29 is 19.1 Å². The van der Waals surface area contributed by atoms with Gasteiger partial charge in [0.15, 0.2) is 0 Å². The van der Waals surface area contributed by atoms with E-state index in [0.29, 0.717) is 11.3 Å². The predicted octanol–water partition coefficient (Wildman–Crippen LogP) is 5.28. The molecule has 1 aliphatic heterocycles. The van der Waals surface area contributed by atoms with Gasteiger partial charge in [-0.15, -0.1) is 0 Å². The number of likely N-dealkylation sites (tertiary alicyclic amines) is 1. The smallest absolute Gasteiger partial charge is 0.296 e. The van der Waals surface area contributed by atoms with Crippen molar-refractivity contribution in [3.05, 3.63) is 98.9 Å². The lowest BCUT2D eigenvalue weighted by Crippen LogP contribution is -2.29. The summed E-state index contributed by atoms with van der Waals surface area (Å²) in [6.07, 6.45) is 1.52. The lowest BCUT2D eigenvalue weighted by Gasteiger charge is -2.24. The Bertz CT molecular complexity index is 1150. The van der Waals surface area contributed by atoms with Crippen LogP contribution in [0.3, 0.4) is 0 Å². The summed E-state index contributed by atoms with van der Waals surface area (Å²) in [6.45, 7) is 3.90. The molecular formula is C24H20BrNO4. The van der Waals surface area contributed by atoms with E-state index in [1.54, 1.807) is 12.1 Å². The Morgan fingerprint density at radius 2 is 1.83 bits per heavy atom. The van der Waals surface area contributed by atoms with Crippen LogP contribution in [0.5, 0.6) is 0 Å². The van der Waals surface area contributed by atoms with Crippen LogP contribution >= 0.6 is 15.9 Å². The number of aryl methyl sites for hydroxylation is 2. The van der Waals surface area contributed by atoms with Gasteiger partial charge in [-0.05, 0) is 55.3 Å². The first kappa shape index (κ1) is 20.2. The SMILES string of the molecule is Cc1ccc(C)c(C(O)=C2C(=O)C(=O)N(Cc3ccco3)C2c2ccc(Br)cc2)c1. The molecule has 0 bridgehead atoms. The monoisotopic (exact) mass is 465 g/mol. The number of ketones is 1. The van der Waals surface area contributed by atoms with Gasteiger partial charge in [-0.3, -0.25) is 9.59 Å². The summed E-state index contributed by atoms with van der Waals surface area (Å²) < 4.78 is 6.28. The Hall–Kier alpha value is -3.12. The number of halogens is 1. The molecule has 1 atom stereocenters. The molecule has 1 aliphatic rings. The minimum Gasteiger partial charge on any atom is -0.507 e. The first-order valence-electron chi connectivity index (χ1n) is 9.50. The quantitative estimate of drug-likeness (QED) is 0.323. The van der Waals surface area contributed by atoms with Crippen LogP contribution < -0.4 is 0 Å². The maximum atomic E-state index is 13.1. The number of amides is 1. The predicted molar refractivity (Wildman–Crippen MR) is 117 cm³/mol. The van der Waals surface area contributed by atoms with Crippen molar-refractivity contribution in [2.75, 3.05) is 0 Å². The fourth-order valence-corrected chi connectivity index (χ4v) is 4.01. The topological polar surface area (TPSA) is 70.8 Å². The average Bonchev–Trinajstić information content (AvgIpc) is 3.32. The Morgan fingerprint density at radius 3 is 2.50 bits per heavy atom. The third-order valence-electron chi connectivity index (χ3n) is 5.28. The van der Waals surface area contributed by atoms with Gasteiger partial charge in [-0.2, -0.15) is 0 Å². The summed E-state index contributed by atoms with van der Waals surface area (Å²) in [6, 6.07) is 15.8. The molecule has 2 aromatic carbocycles.